The van der Waals surface area contributed by atoms with E-state index in [0.717, 1.165) is 16.9 Å². The lowest BCUT2D eigenvalue weighted by atomic mass is 10.1. The van der Waals surface area contributed by atoms with Crippen LogP contribution in [0.1, 0.15) is 17.2 Å². The maximum atomic E-state index is 13.1. The lowest BCUT2D eigenvalue weighted by Gasteiger charge is -2.19. The maximum absolute atomic E-state index is 13.1. The highest BCUT2D eigenvalue weighted by Gasteiger charge is 2.13. The molecule has 0 radical (unpaired) electrons. The van der Waals surface area contributed by atoms with E-state index in [-0.39, 0.29) is 11.9 Å². The second-order valence-corrected chi connectivity index (χ2v) is 4.53. The Balaban J connectivity index is 2.19. The third-order valence-corrected chi connectivity index (χ3v) is 3.11. The van der Waals surface area contributed by atoms with Crippen LogP contribution in [0.4, 0.5) is 4.39 Å². The van der Waals surface area contributed by atoms with E-state index in [2.05, 4.69) is 0 Å². The van der Waals surface area contributed by atoms with Gasteiger partial charge in [-0.1, -0.05) is 12.1 Å². The number of benzene rings is 2. The van der Waals surface area contributed by atoms with Gasteiger partial charge in [0.25, 0.3) is 0 Å². The topological polar surface area (TPSA) is 44.5 Å². The molecule has 0 aliphatic heterocycles. The Bertz CT molecular complexity index is 569. The summed E-state index contributed by atoms with van der Waals surface area (Å²) in [5, 5.41) is 0. The molecule has 106 valence electrons. The van der Waals surface area contributed by atoms with Crippen LogP contribution >= 0.6 is 0 Å². The van der Waals surface area contributed by atoms with Gasteiger partial charge in [0, 0.05) is 6.54 Å². The minimum Gasteiger partial charge on any atom is -0.497 e. The van der Waals surface area contributed by atoms with E-state index in [1.165, 1.54) is 12.1 Å². The molecule has 0 saturated heterocycles. The SMILES string of the molecule is COc1ccc(C(CN)Oc2ccc(F)cc2C)cc1. The van der Waals surface area contributed by atoms with Gasteiger partial charge in [-0.15, -0.1) is 0 Å². The van der Waals surface area contributed by atoms with Crippen molar-refractivity contribution >= 4 is 0 Å². The Morgan fingerprint density at radius 2 is 1.85 bits per heavy atom. The Kier molecular flexibility index (Phi) is 4.58. The van der Waals surface area contributed by atoms with Crippen LogP contribution in [-0.4, -0.2) is 13.7 Å². The van der Waals surface area contributed by atoms with E-state index < -0.39 is 0 Å². The molecule has 1 atom stereocenters. The Labute approximate surface area is 118 Å². The van der Waals surface area contributed by atoms with Crippen LogP contribution in [0.3, 0.4) is 0 Å². The standard InChI is InChI=1S/C16H18FNO2/c1-11-9-13(17)5-8-15(11)20-16(10-18)12-3-6-14(19-2)7-4-12/h3-9,16H,10,18H2,1-2H3. The molecule has 0 amide bonds. The second-order valence-electron chi connectivity index (χ2n) is 4.53. The van der Waals surface area contributed by atoms with Crippen molar-refractivity contribution in [2.24, 2.45) is 5.73 Å². The zero-order valence-electron chi connectivity index (χ0n) is 11.6. The van der Waals surface area contributed by atoms with Crippen LogP contribution < -0.4 is 15.2 Å². The normalized spacial score (nSPS) is 12.0. The van der Waals surface area contributed by atoms with Crippen molar-refractivity contribution in [2.75, 3.05) is 13.7 Å². The Hall–Kier alpha value is -2.07. The predicted octanol–water partition coefficient (Wildman–Crippen LogP) is 3.22. The molecule has 0 heterocycles. The second kappa shape index (κ2) is 6.39. The summed E-state index contributed by atoms with van der Waals surface area (Å²) < 4.78 is 24.1. The summed E-state index contributed by atoms with van der Waals surface area (Å²) in [4.78, 5) is 0. The number of aryl methyl sites for hydroxylation is 1. The quantitative estimate of drug-likeness (QED) is 0.911. The van der Waals surface area contributed by atoms with Gasteiger partial charge in [-0.3, -0.25) is 0 Å². The molecule has 2 aromatic rings. The number of ether oxygens (including phenoxy) is 2. The van der Waals surface area contributed by atoms with Crippen LogP contribution in [0.15, 0.2) is 42.5 Å². The molecule has 1 unspecified atom stereocenters. The van der Waals surface area contributed by atoms with Crippen LogP contribution in [0.5, 0.6) is 11.5 Å². The molecule has 4 heteroatoms. The summed E-state index contributed by atoms with van der Waals surface area (Å²) >= 11 is 0. The highest BCUT2D eigenvalue weighted by Crippen LogP contribution is 2.26. The summed E-state index contributed by atoms with van der Waals surface area (Å²) in [5.41, 5.74) is 7.48. The van der Waals surface area contributed by atoms with Gasteiger partial charge in [-0.2, -0.15) is 0 Å². The molecule has 3 nitrogen and oxygen atoms in total. The smallest absolute Gasteiger partial charge is 0.136 e. The van der Waals surface area contributed by atoms with Gasteiger partial charge in [0.15, 0.2) is 0 Å². The summed E-state index contributed by atoms with van der Waals surface area (Å²) in [7, 11) is 1.62. The third-order valence-electron chi connectivity index (χ3n) is 3.11. The number of halogens is 1. The van der Waals surface area contributed by atoms with E-state index in [0.29, 0.717) is 12.3 Å². The minimum atomic E-state index is -0.274. The van der Waals surface area contributed by atoms with Crippen LogP contribution in [0.2, 0.25) is 0 Å². The van der Waals surface area contributed by atoms with Gasteiger partial charge in [0.05, 0.1) is 7.11 Å². The highest BCUT2D eigenvalue weighted by atomic mass is 19.1. The molecule has 0 aliphatic rings. The number of methoxy groups -OCH3 is 1. The van der Waals surface area contributed by atoms with Gasteiger partial charge in [0.1, 0.15) is 23.4 Å². The van der Waals surface area contributed by atoms with Crippen molar-refractivity contribution in [1.82, 2.24) is 0 Å². The third kappa shape index (κ3) is 3.27. The van der Waals surface area contributed by atoms with Crippen molar-refractivity contribution < 1.29 is 13.9 Å². The molecular formula is C16H18FNO2. The van der Waals surface area contributed by atoms with E-state index in [1.54, 1.807) is 20.1 Å². The number of hydrogen-bond acceptors (Lipinski definition) is 3. The van der Waals surface area contributed by atoms with Crippen molar-refractivity contribution in [2.45, 2.75) is 13.0 Å². The zero-order valence-corrected chi connectivity index (χ0v) is 11.6. The fourth-order valence-corrected chi connectivity index (χ4v) is 1.97. The number of rotatable bonds is 5. The fraction of sp³-hybridized carbons (Fsp3) is 0.250. The molecule has 2 rings (SSSR count). The lowest BCUT2D eigenvalue weighted by molar-refractivity contribution is 0.212. The minimum absolute atomic E-state index is 0.273. The van der Waals surface area contributed by atoms with Crippen LogP contribution in [-0.2, 0) is 0 Å². The van der Waals surface area contributed by atoms with E-state index in [4.69, 9.17) is 15.2 Å². The molecule has 0 fully saturated rings. The van der Waals surface area contributed by atoms with Gasteiger partial charge >= 0.3 is 0 Å². The van der Waals surface area contributed by atoms with Crippen LogP contribution in [0, 0.1) is 12.7 Å². The van der Waals surface area contributed by atoms with Crippen molar-refractivity contribution in [3.8, 4) is 11.5 Å². The first-order chi connectivity index (χ1) is 9.63. The Morgan fingerprint density at radius 1 is 1.15 bits per heavy atom. The first kappa shape index (κ1) is 14.3. The van der Waals surface area contributed by atoms with Crippen molar-refractivity contribution in [3.63, 3.8) is 0 Å². The largest absolute Gasteiger partial charge is 0.497 e. The average molecular weight is 275 g/mol. The molecule has 2 aromatic carbocycles. The molecule has 20 heavy (non-hydrogen) atoms. The molecule has 0 bridgehead atoms. The number of nitrogens with two attached hydrogens (primary N) is 1. The lowest BCUT2D eigenvalue weighted by Crippen LogP contribution is -2.18. The summed E-state index contributed by atoms with van der Waals surface area (Å²) in [6, 6.07) is 12.0. The summed E-state index contributed by atoms with van der Waals surface area (Å²) in [6.07, 6.45) is -0.273. The molecule has 0 aliphatic carbocycles. The fourth-order valence-electron chi connectivity index (χ4n) is 1.97. The predicted molar refractivity (Wildman–Crippen MR) is 76.6 cm³/mol. The number of hydrogen-bond donors (Lipinski definition) is 1. The Morgan fingerprint density at radius 3 is 2.40 bits per heavy atom. The zero-order chi connectivity index (χ0) is 14.5. The molecule has 0 aromatic heterocycles. The van der Waals surface area contributed by atoms with E-state index in [9.17, 15) is 4.39 Å². The van der Waals surface area contributed by atoms with Gasteiger partial charge in [-0.05, 0) is 48.4 Å². The highest BCUT2D eigenvalue weighted by molar-refractivity contribution is 5.34. The van der Waals surface area contributed by atoms with Crippen LogP contribution in [0.25, 0.3) is 0 Å². The average Bonchev–Trinajstić information content (AvgIpc) is 2.47. The monoisotopic (exact) mass is 275 g/mol. The summed E-state index contributed by atoms with van der Waals surface area (Å²) in [5.74, 6) is 1.14. The van der Waals surface area contributed by atoms with Crippen molar-refractivity contribution in [3.05, 3.63) is 59.4 Å². The van der Waals surface area contributed by atoms with E-state index >= 15 is 0 Å². The molecule has 2 N–H and O–H groups in total. The first-order valence-corrected chi connectivity index (χ1v) is 6.41. The molecule has 0 saturated carbocycles. The molecule has 0 spiro atoms. The first-order valence-electron chi connectivity index (χ1n) is 6.41. The van der Waals surface area contributed by atoms with Gasteiger partial charge in [0.2, 0.25) is 0 Å². The van der Waals surface area contributed by atoms with Gasteiger partial charge < -0.3 is 15.2 Å². The van der Waals surface area contributed by atoms with Gasteiger partial charge in [-0.25, -0.2) is 4.39 Å². The maximum Gasteiger partial charge on any atom is 0.136 e. The van der Waals surface area contributed by atoms with E-state index in [1.807, 2.05) is 24.3 Å². The summed E-state index contributed by atoms with van der Waals surface area (Å²) in [6.45, 7) is 2.14. The molecular weight excluding hydrogens is 257 g/mol. The van der Waals surface area contributed by atoms with Crippen molar-refractivity contribution in [1.29, 1.82) is 0 Å².